The van der Waals surface area contributed by atoms with E-state index in [0.717, 1.165) is 24.1 Å². The van der Waals surface area contributed by atoms with Crippen molar-refractivity contribution in [1.82, 2.24) is 4.90 Å². The summed E-state index contributed by atoms with van der Waals surface area (Å²) in [7, 11) is 0. The van der Waals surface area contributed by atoms with Crippen LogP contribution in [0.5, 0.6) is 0 Å². The molecule has 0 spiro atoms. The number of anilines is 1. The van der Waals surface area contributed by atoms with Gasteiger partial charge in [0.05, 0.1) is 50.5 Å². The standard InChI is InChI=1S/C20H27F3N4O2/c21-20(22,23)16-6-2-3-7-17(16)24-18(28)14-26-10-12-27(13-11-26)19(29)15-25-8-4-1-5-9-25/h2-3,6-7H,1,4-5,8-15H2,(H,24,28)/p+2. The van der Waals surface area contributed by atoms with Gasteiger partial charge < -0.3 is 20.0 Å². The Morgan fingerprint density at radius 1 is 0.931 bits per heavy atom. The first-order chi connectivity index (χ1) is 13.8. The first-order valence-corrected chi connectivity index (χ1v) is 10.2. The van der Waals surface area contributed by atoms with Crippen LogP contribution >= 0.6 is 0 Å². The van der Waals surface area contributed by atoms with Gasteiger partial charge in [-0.05, 0) is 31.4 Å². The largest absolute Gasteiger partial charge is 0.418 e. The number of hydrogen-bond donors (Lipinski definition) is 3. The highest BCUT2D eigenvalue weighted by Gasteiger charge is 2.34. The second-order valence-corrected chi connectivity index (χ2v) is 7.89. The van der Waals surface area contributed by atoms with Crippen molar-refractivity contribution in [3.63, 3.8) is 0 Å². The molecule has 0 aromatic heterocycles. The Hall–Kier alpha value is -2.13. The van der Waals surface area contributed by atoms with E-state index in [2.05, 4.69) is 5.32 Å². The van der Waals surface area contributed by atoms with E-state index < -0.39 is 17.6 Å². The van der Waals surface area contributed by atoms with Crippen LogP contribution in [-0.2, 0) is 15.8 Å². The Kier molecular flexibility index (Phi) is 7.13. The minimum atomic E-state index is -4.51. The van der Waals surface area contributed by atoms with Crippen molar-refractivity contribution in [3.05, 3.63) is 29.8 Å². The van der Waals surface area contributed by atoms with Gasteiger partial charge in [0.2, 0.25) is 0 Å². The summed E-state index contributed by atoms with van der Waals surface area (Å²) in [6.07, 6.45) is -0.922. The molecule has 6 nitrogen and oxygen atoms in total. The molecule has 29 heavy (non-hydrogen) atoms. The topological polar surface area (TPSA) is 58.3 Å². The van der Waals surface area contributed by atoms with Crippen molar-refractivity contribution >= 4 is 17.5 Å². The molecule has 2 aliphatic heterocycles. The molecule has 2 aliphatic rings. The van der Waals surface area contributed by atoms with Crippen LogP contribution in [0.4, 0.5) is 18.9 Å². The van der Waals surface area contributed by atoms with Gasteiger partial charge in [-0.3, -0.25) is 9.59 Å². The molecule has 2 saturated heterocycles. The van der Waals surface area contributed by atoms with E-state index >= 15 is 0 Å². The number of piperidine rings is 1. The van der Waals surface area contributed by atoms with Gasteiger partial charge in [0.1, 0.15) is 0 Å². The number of carbonyl (C=O) groups excluding carboxylic acids is 2. The first kappa shape index (κ1) is 21.6. The summed E-state index contributed by atoms with van der Waals surface area (Å²) in [5.74, 6) is -0.293. The SMILES string of the molecule is O=C(C[NH+]1CCN(C(=O)C[NH+]2CCCCC2)CC1)Nc1ccccc1C(F)(F)F. The third kappa shape index (κ3) is 6.17. The minimum absolute atomic E-state index is 0.0889. The number of para-hydroxylation sites is 1. The lowest BCUT2D eigenvalue weighted by molar-refractivity contribution is -0.899. The number of hydrogen-bond acceptors (Lipinski definition) is 2. The summed E-state index contributed by atoms with van der Waals surface area (Å²) in [6, 6.07) is 4.98. The third-order valence-electron chi connectivity index (χ3n) is 5.70. The molecular weight excluding hydrogens is 385 g/mol. The van der Waals surface area contributed by atoms with Crippen molar-refractivity contribution in [2.24, 2.45) is 0 Å². The van der Waals surface area contributed by atoms with E-state index in [4.69, 9.17) is 0 Å². The van der Waals surface area contributed by atoms with Gasteiger partial charge in [0, 0.05) is 0 Å². The van der Waals surface area contributed by atoms with E-state index in [1.807, 2.05) is 4.90 Å². The summed E-state index contributed by atoms with van der Waals surface area (Å²) in [6.45, 7) is 5.12. The van der Waals surface area contributed by atoms with Crippen LogP contribution in [0.2, 0.25) is 0 Å². The molecule has 0 aliphatic carbocycles. The summed E-state index contributed by atoms with van der Waals surface area (Å²) in [4.78, 5) is 28.9. The highest BCUT2D eigenvalue weighted by atomic mass is 19.4. The molecule has 2 heterocycles. The second kappa shape index (κ2) is 9.58. The van der Waals surface area contributed by atoms with Gasteiger partial charge in [-0.25, -0.2) is 0 Å². The fraction of sp³-hybridized carbons (Fsp3) is 0.600. The fourth-order valence-corrected chi connectivity index (χ4v) is 4.06. The zero-order valence-corrected chi connectivity index (χ0v) is 16.5. The summed E-state index contributed by atoms with van der Waals surface area (Å²) in [5.41, 5.74) is -1.07. The van der Waals surface area contributed by atoms with Crippen molar-refractivity contribution in [1.29, 1.82) is 0 Å². The first-order valence-electron chi connectivity index (χ1n) is 10.2. The molecule has 1 aromatic rings. The van der Waals surface area contributed by atoms with Crippen LogP contribution in [0, 0.1) is 0 Å². The number of carbonyl (C=O) groups is 2. The van der Waals surface area contributed by atoms with Crippen LogP contribution in [0.15, 0.2) is 24.3 Å². The molecule has 0 unspecified atom stereocenters. The quantitative estimate of drug-likeness (QED) is 0.605. The van der Waals surface area contributed by atoms with E-state index in [1.54, 1.807) is 0 Å². The number of rotatable bonds is 5. The molecule has 2 amide bonds. The number of quaternary nitrogens is 2. The Labute approximate surface area is 168 Å². The van der Waals surface area contributed by atoms with Crippen molar-refractivity contribution < 1.29 is 32.6 Å². The van der Waals surface area contributed by atoms with E-state index in [0.29, 0.717) is 32.7 Å². The molecule has 1 aromatic carbocycles. The Bertz CT molecular complexity index is 712. The molecule has 3 rings (SSSR count). The number of piperazine rings is 1. The number of benzene rings is 1. The second-order valence-electron chi connectivity index (χ2n) is 7.89. The average molecular weight is 414 g/mol. The van der Waals surface area contributed by atoms with Gasteiger partial charge in [-0.15, -0.1) is 0 Å². The highest BCUT2D eigenvalue weighted by Crippen LogP contribution is 2.34. The molecule has 0 bridgehead atoms. The van der Waals surface area contributed by atoms with Gasteiger partial charge in [0.15, 0.2) is 13.1 Å². The predicted molar refractivity (Wildman–Crippen MR) is 102 cm³/mol. The van der Waals surface area contributed by atoms with E-state index in [-0.39, 0.29) is 18.1 Å². The lowest BCUT2D eigenvalue weighted by atomic mass is 10.1. The Morgan fingerprint density at radius 3 is 2.21 bits per heavy atom. The van der Waals surface area contributed by atoms with E-state index in [1.165, 1.54) is 42.4 Å². The number of nitrogens with zero attached hydrogens (tertiary/aromatic N) is 1. The Morgan fingerprint density at radius 2 is 1.55 bits per heavy atom. The van der Waals surface area contributed by atoms with Crippen LogP contribution < -0.4 is 15.1 Å². The molecule has 0 saturated carbocycles. The molecular formula is C20H29F3N4O2+2. The average Bonchev–Trinajstić information content (AvgIpc) is 2.69. The van der Waals surface area contributed by atoms with Gasteiger partial charge >= 0.3 is 6.18 Å². The van der Waals surface area contributed by atoms with Crippen molar-refractivity contribution in [3.8, 4) is 0 Å². The van der Waals surface area contributed by atoms with Gasteiger partial charge in [-0.1, -0.05) is 12.1 Å². The van der Waals surface area contributed by atoms with Crippen LogP contribution in [-0.4, -0.2) is 69.1 Å². The monoisotopic (exact) mass is 414 g/mol. The number of alkyl halides is 3. The van der Waals surface area contributed by atoms with Crippen LogP contribution in [0.1, 0.15) is 24.8 Å². The fourth-order valence-electron chi connectivity index (χ4n) is 4.06. The predicted octanol–water partition coefficient (Wildman–Crippen LogP) is -0.560. The maximum absolute atomic E-state index is 13.0. The molecule has 9 heteroatoms. The maximum atomic E-state index is 13.0. The van der Waals surface area contributed by atoms with Crippen LogP contribution in [0.25, 0.3) is 0 Å². The zero-order chi connectivity index (χ0) is 20.9. The number of amides is 2. The highest BCUT2D eigenvalue weighted by molar-refractivity contribution is 5.92. The lowest BCUT2D eigenvalue weighted by Crippen LogP contribution is -3.16. The summed E-state index contributed by atoms with van der Waals surface area (Å²) in [5, 5.41) is 2.39. The zero-order valence-electron chi connectivity index (χ0n) is 16.5. The van der Waals surface area contributed by atoms with E-state index in [9.17, 15) is 22.8 Å². The number of likely N-dealkylation sites (tertiary alicyclic amines) is 1. The van der Waals surface area contributed by atoms with Crippen molar-refractivity contribution in [2.45, 2.75) is 25.4 Å². The minimum Gasteiger partial charge on any atom is -0.327 e. The molecule has 3 N–H and O–H groups in total. The molecule has 0 radical (unpaired) electrons. The number of nitrogens with one attached hydrogen (secondary N) is 3. The lowest BCUT2D eigenvalue weighted by Gasteiger charge is -2.33. The summed E-state index contributed by atoms with van der Waals surface area (Å²) < 4.78 is 39.1. The molecule has 0 atom stereocenters. The molecule has 2 fully saturated rings. The van der Waals surface area contributed by atoms with Crippen molar-refractivity contribution in [2.75, 3.05) is 57.7 Å². The van der Waals surface area contributed by atoms with Crippen LogP contribution in [0.3, 0.4) is 0 Å². The molecule has 160 valence electrons. The Balaban J connectivity index is 1.45. The summed E-state index contributed by atoms with van der Waals surface area (Å²) >= 11 is 0. The smallest absolute Gasteiger partial charge is 0.327 e. The third-order valence-corrected chi connectivity index (χ3v) is 5.70. The maximum Gasteiger partial charge on any atom is 0.418 e. The normalized spacial score (nSPS) is 19.2. The number of halogens is 3. The van der Waals surface area contributed by atoms with Gasteiger partial charge in [-0.2, -0.15) is 13.2 Å². The van der Waals surface area contributed by atoms with Gasteiger partial charge in [0.25, 0.3) is 11.8 Å².